The maximum atomic E-state index is 10.6. The molecule has 1 atom stereocenters. The average molecular weight is 336 g/mol. The van der Waals surface area contributed by atoms with Crippen molar-refractivity contribution >= 4 is 17.3 Å². The Hall–Kier alpha value is -1.07. The quantitative estimate of drug-likeness (QED) is 0.530. The van der Waals surface area contributed by atoms with Crippen molar-refractivity contribution in [2.45, 2.75) is 51.6 Å². The summed E-state index contributed by atoms with van der Waals surface area (Å²) in [5.41, 5.74) is -0.381. The predicted molar refractivity (Wildman–Crippen MR) is 96.9 cm³/mol. The van der Waals surface area contributed by atoms with Crippen molar-refractivity contribution in [3.8, 4) is 0 Å². The molecule has 0 radical (unpaired) electrons. The van der Waals surface area contributed by atoms with Crippen LogP contribution >= 0.6 is 11.3 Å². The zero-order chi connectivity index (χ0) is 16.3. The number of nitrogens with one attached hydrogen (secondary N) is 2. The van der Waals surface area contributed by atoms with Crippen LogP contribution in [0.25, 0.3) is 0 Å². The summed E-state index contributed by atoms with van der Waals surface area (Å²) in [6.45, 7) is 6.14. The average Bonchev–Trinajstić information content (AvgIpc) is 3.16. The van der Waals surface area contributed by atoms with E-state index in [1.54, 1.807) is 11.3 Å². The van der Waals surface area contributed by atoms with Crippen molar-refractivity contribution in [2.75, 3.05) is 19.6 Å². The highest BCUT2D eigenvalue weighted by molar-refractivity contribution is 7.10. The lowest BCUT2D eigenvalue weighted by atomic mass is 9.65. The van der Waals surface area contributed by atoms with Gasteiger partial charge < -0.3 is 15.7 Å². The molecule has 2 fully saturated rings. The van der Waals surface area contributed by atoms with Crippen LogP contribution in [-0.4, -0.2) is 30.7 Å². The topological polar surface area (TPSA) is 56.7 Å². The predicted octanol–water partition coefficient (Wildman–Crippen LogP) is 3.09. The van der Waals surface area contributed by atoms with Crippen molar-refractivity contribution in [1.82, 2.24) is 10.6 Å². The summed E-state index contributed by atoms with van der Waals surface area (Å²) in [5, 5.41) is 19.5. The molecule has 3 rings (SSSR count). The summed E-state index contributed by atoms with van der Waals surface area (Å²) in [6, 6.07) is 3.94. The fourth-order valence-corrected chi connectivity index (χ4v) is 4.33. The Kier molecular flexibility index (Phi) is 4.97. The summed E-state index contributed by atoms with van der Waals surface area (Å²) in [7, 11) is 0. The van der Waals surface area contributed by atoms with Crippen molar-refractivity contribution in [2.24, 2.45) is 16.3 Å². The van der Waals surface area contributed by atoms with E-state index in [1.807, 2.05) is 24.4 Å². The van der Waals surface area contributed by atoms with E-state index in [0.29, 0.717) is 12.0 Å². The summed E-state index contributed by atoms with van der Waals surface area (Å²) < 4.78 is 0. The van der Waals surface area contributed by atoms with Gasteiger partial charge in [0.1, 0.15) is 5.60 Å². The molecular weight excluding hydrogens is 306 g/mol. The molecule has 0 spiro atoms. The maximum Gasteiger partial charge on any atom is 0.191 e. The minimum Gasteiger partial charge on any atom is -0.383 e. The van der Waals surface area contributed by atoms with Crippen molar-refractivity contribution in [3.05, 3.63) is 22.4 Å². The van der Waals surface area contributed by atoms with Gasteiger partial charge in [-0.3, -0.25) is 0 Å². The van der Waals surface area contributed by atoms with E-state index in [2.05, 4.69) is 22.5 Å². The second-order valence-electron chi connectivity index (χ2n) is 7.29. The monoisotopic (exact) mass is 335 g/mol. The number of guanidine groups is 1. The number of nitrogens with zero attached hydrogens (tertiary/aromatic N) is 1. The standard InChI is InChI=1S/C18H29N3OS/c1-3-19-16(20-12-17(2,22)15-6-4-11-23-15)21-13-18(9-5-10-18)14-7-8-14/h4,6,11,14,22H,3,5,7-10,12-13H2,1-2H3,(H2,19,20,21). The summed E-state index contributed by atoms with van der Waals surface area (Å²) >= 11 is 1.58. The van der Waals surface area contributed by atoms with Gasteiger partial charge in [-0.1, -0.05) is 12.5 Å². The lowest BCUT2D eigenvalue weighted by molar-refractivity contribution is 0.0709. The zero-order valence-electron chi connectivity index (χ0n) is 14.3. The highest BCUT2D eigenvalue weighted by Crippen LogP contribution is 2.56. The van der Waals surface area contributed by atoms with Gasteiger partial charge in [-0.2, -0.15) is 0 Å². The van der Waals surface area contributed by atoms with Gasteiger partial charge in [0.25, 0.3) is 0 Å². The molecule has 2 aliphatic rings. The molecule has 3 N–H and O–H groups in total. The molecule has 0 amide bonds. The van der Waals surface area contributed by atoms with Crippen LogP contribution in [0.5, 0.6) is 0 Å². The highest BCUT2D eigenvalue weighted by atomic mass is 32.1. The molecule has 0 aliphatic heterocycles. The molecule has 0 aromatic carbocycles. The molecule has 0 bridgehead atoms. The molecule has 23 heavy (non-hydrogen) atoms. The van der Waals surface area contributed by atoms with E-state index >= 15 is 0 Å². The molecule has 0 saturated heterocycles. The molecular formula is C18H29N3OS. The first-order chi connectivity index (χ1) is 11.1. The van der Waals surface area contributed by atoms with Crippen LogP contribution in [-0.2, 0) is 5.60 Å². The second kappa shape index (κ2) is 6.81. The Balaban J connectivity index is 1.59. The van der Waals surface area contributed by atoms with Gasteiger partial charge in [-0.05, 0) is 62.3 Å². The molecule has 1 aromatic heterocycles. The van der Waals surface area contributed by atoms with Crippen LogP contribution in [0.1, 0.15) is 50.8 Å². The van der Waals surface area contributed by atoms with Gasteiger partial charge >= 0.3 is 0 Å². The summed E-state index contributed by atoms with van der Waals surface area (Å²) in [5.74, 6) is 1.76. The highest BCUT2D eigenvalue weighted by Gasteiger charge is 2.48. The van der Waals surface area contributed by atoms with Gasteiger partial charge in [-0.15, -0.1) is 11.3 Å². The number of thiophene rings is 1. The van der Waals surface area contributed by atoms with Crippen LogP contribution < -0.4 is 10.6 Å². The van der Waals surface area contributed by atoms with Crippen LogP contribution in [0.2, 0.25) is 0 Å². The molecule has 128 valence electrons. The van der Waals surface area contributed by atoms with Gasteiger partial charge in [-0.25, -0.2) is 4.99 Å². The zero-order valence-corrected chi connectivity index (χ0v) is 15.1. The summed E-state index contributed by atoms with van der Waals surface area (Å²) in [6.07, 6.45) is 6.90. The van der Waals surface area contributed by atoms with Gasteiger partial charge in [0.2, 0.25) is 0 Å². The third-order valence-electron chi connectivity index (χ3n) is 5.34. The largest absolute Gasteiger partial charge is 0.383 e. The number of hydrogen-bond acceptors (Lipinski definition) is 3. The lowest BCUT2D eigenvalue weighted by Crippen LogP contribution is -2.47. The van der Waals surface area contributed by atoms with E-state index in [1.165, 1.54) is 32.1 Å². The van der Waals surface area contributed by atoms with E-state index in [-0.39, 0.29) is 0 Å². The van der Waals surface area contributed by atoms with E-state index in [0.717, 1.165) is 29.8 Å². The molecule has 1 unspecified atom stereocenters. The third kappa shape index (κ3) is 3.89. The molecule has 5 heteroatoms. The SMILES string of the molecule is CCNC(=NCC(C)(O)c1cccs1)NCC1(C2CC2)CCC1. The molecule has 2 aliphatic carbocycles. The normalized spacial score (nSPS) is 23.0. The minimum absolute atomic E-state index is 0.374. The van der Waals surface area contributed by atoms with Crippen LogP contribution in [0.15, 0.2) is 22.5 Å². The number of aliphatic imine (C=N–C) groups is 1. The fourth-order valence-electron chi connectivity index (χ4n) is 3.55. The number of hydrogen-bond donors (Lipinski definition) is 3. The van der Waals surface area contributed by atoms with E-state index in [4.69, 9.17) is 0 Å². The molecule has 1 heterocycles. The molecule has 2 saturated carbocycles. The number of aliphatic hydroxyl groups is 1. The smallest absolute Gasteiger partial charge is 0.191 e. The van der Waals surface area contributed by atoms with E-state index in [9.17, 15) is 5.11 Å². The first-order valence-corrected chi connectivity index (χ1v) is 9.72. The van der Waals surface area contributed by atoms with E-state index < -0.39 is 5.60 Å². The van der Waals surface area contributed by atoms with Crippen molar-refractivity contribution in [1.29, 1.82) is 0 Å². The lowest BCUT2D eigenvalue weighted by Gasteiger charge is -2.43. The first kappa shape index (κ1) is 16.8. The Labute approximate surface area is 143 Å². The second-order valence-corrected chi connectivity index (χ2v) is 8.24. The maximum absolute atomic E-state index is 10.6. The Bertz CT molecular complexity index is 530. The van der Waals surface area contributed by atoms with Gasteiger partial charge in [0.15, 0.2) is 5.96 Å². The fraction of sp³-hybridized carbons (Fsp3) is 0.722. The third-order valence-corrected chi connectivity index (χ3v) is 6.46. The molecule has 1 aromatic rings. The van der Waals surface area contributed by atoms with Crippen molar-refractivity contribution in [3.63, 3.8) is 0 Å². The van der Waals surface area contributed by atoms with Crippen LogP contribution in [0, 0.1) is 11.3 Å². The Morgan fingerprint density at radius 1 is 1.43 bits per heavy atom. The van der Waals surface area contributed by atoms with Crippen LogP contribution in [0.3, 0.4) is 0 Å². The van der Waals surface area contributed by atoms with Crippen LogP contribution in [0.4, 0.5) is 0 Å². The Morgan fingerprint density at radius 3 is 2.74 bits per heavy atom. The summed E-state index contributed by atoms with van der Waals surface area (Å²) in [4.78, 5) is 5.60. The van der Waals surface area contributed by atoms with Gasteiger partial charge in [0.05, 0.1) is 6.54 Å². The first-order valence-electron chi connectivity index (χ1n) is 8.84. The molecule has 4 nitrogen and oxygen atoms in total. The van der Waals surface area contributed by atoms with Crippen molar-refractivity contribution < 1.29 is 5.11 Å². The minimum atomic E-state index is -0.902. The number of rotatable bonds is 7. The van der Waals surface area contributed by atoms with Gasteiger partial charge in [0, 0.05) is 18.0 Å². The Morgan fingerprint density at radius 2 is 2.22 bits per heavy atom.